The van der Waals surface area contributed by atoms with Crippen molar-refractivity contribution >= 4 is 27.6 Å². The van der Waals surface area contributed by atoms with Crippen LogP contribution in [0.15, 0.2) is 77.3 Å². The van der Waals surface area contributed by atoms with E-state index < -0.39 is 0 Å². The van der Waals surface area contributed by atoms with E-state index in [1.807, 2.05) is 36.4 Å². The molecule has 5 rings (SSSR count). The maximum absolute atomic E-state index is 7.70. The average molecular weight is 418 g/mol. The lowest BCUT2D eigenvalue weighted by Crippen LogP contribution is -2.31. The van der Waals surface area contributed by atoms with Gasteiger partial charge < -0.3 is 4.42 Å². The maximum atomic E-state index is 7.70. The van der Waals surface area contributed by atoms with Gasteiger partial charge in [0, 0.05) is 28.5 Å². The molecule has 156 valence electrons. The van der Waals surface area contributed by atoms with Gasteiger partial charge in [0.05, 0.1) is 12.1 Å². The molecular weight excluding hydrogens is 392 g/mol. The van der Waals surface area contributed by atoms with Gasteiger partial charge in [-0.15, -0.1) is 0 Å². The van der Waals surface area contributed by atoms with E-state index in [2.05, 4.69) is 73.8 Å². The van der Waals surface area contributed by atoms with Crippen molar-refractivity contribution in [3.8, 4) is 22.4 Å². The first-order valence-electron chi connectivity index (χ1n) is 10.9. The summed E-state index contributed by atoms with van der Waals surface area (Å²) in [7, 11) is 2.08. The Hall–Kier alpha value is -3.90. The standard InChI is InChI=1S/C29H25N2O/c1-18(2)21-13-14-31(5)25(15-21)27-19(3)11-12-26-28(27)24-17-22(30-4)16-23(29(24)32-26)20-9-7-6-8-10-20/h6-18H,1-3,5H3/q+1. The normalized spacial score (nSPS) is 11.4. The number of hydrogen-bond donors (Lipinski definition) is 0. The lowest BCUT2D eigenvalue weighted by Gasteiger charge is -2.10. The second-order valence-corrected chi connectivity index (χ2v) is 8.69. The van der Waals surface area contributed by atoms with Crippen molar-refractivity contribution in [2.24, 2.45) is 7.05 Å². The van der Waals surface area contributed by atoms with Crippen LogP contribution in [0.2, 0.25) is 0 Å². The first-order valence-corrected chi connectivity index (χ1v) is 10.9. The number of benzene rings is 3. The SMILES string of the molecule is [C-]#[N+]c1cc(-c2ccccc2)c2oc3ccc(C)c(-c4cc(C(C)C)cc[n+]4C)c3c2c1. The maximum Gasteiger partial charge on any atom is 0.213 e. The van der Waals surface area contributed by atoms with Crippen LogP contribution >= 0.6 is 0 Å². The molecule has 3 aromatic carbocycles. The third-order valence-electron chi connectivity index (χ3n) is 6.24. The summed E-state index contributed by atoms with van der Waals surface area (Å²) in [5, 5.41) is 2.06. The number of nitrogens with zero attached hydrogens (tertiary/aromatic N) is 2. The van der Waals surface area contributed by atoms with E-state index >= 15 is 0 Å². The molecule has 32 heavy (non-hydrogen) atoms. The Balaban J connectivity index is 1.92. The number of hydrogen-bond acceptors (Lipinski definition) is 1. The summed E-state index contributed by atoms with van der Waals surface area (Å²) in [5.41, 5.74) is 9.08. The monoisotopic (exact) mass is 417 g/mol. The number of aryl methyl sites for hydroxylation is 2. The number of rotatable bonds is 3. The van der Waals surface area contributed by atoms with Crippen molar-refractivity contribution in [1.82, 2.24) is 0 Å². The average Bonchev–Trinajstić information content (AvgIpc) is 3.18. The van der Waals surface area contributed by atoms with Crippen LogP contribution in [0, 0.1) is 13.5 Å². The van der Waals surface area contributed by atoms with Crippen LogP contribution < -0.4 is 4.57 Å². The largest absolute Gasteiger partial charge is 0.455 e. The molecule has 0 aliphatic rings. The van der Waals surface area contributed by atoms with Gasteiger partial charge in [-0.2, -0.15) is 0 Å². The van der Waals surface area contributed by atoms with Gasteiger partial charge in [0.1, 0.15) is 18.2 Å². The molecule has 0 atom stereocenters. The van der Waals surface area contributed by atoms with Gasteiger partial charge >= 0.3 is 0 Å². The molecule has 3 heteroatoms. The highest BCUT2D eigenvalue weighted by molar-refractivity contribution is 6.16. The summed E-state index contributed by atoms with van der Waals surface area (Å²) < 4.78 is 8.63. The number of pyridine rings is 1. The zero-order valence-electron chi connectivity index (χ0n) is 18.8. The Bertz CT molecular complexity index is 1520. The Morgan fingerprint density at radius 3 is 2.47 bits per heavy atom. The Morgan fingerprint density at radius 1 is 0.969 bits per heavy atom. The zero-order valence-corrected chi connectivity index (χ0v) is 18.8. The zero-order chi connectivity index (χ0) is 22.4. The molecule has 0 N–H and O–H groups in total. The molecule has 2 aromatic heterocycles. The molecule has 2 heterocycles. The molecular formula is C29H25N2O+. The van der Waals surface area contributed by atoms with Gasteiger partial charge in [0.2, 0.25) is 5.69 Å². The van der Waals surface area contributed by atoms with Gasteiger partial charge in [0.15, 0.2) is 11.9 Å². The van der Waals surface area contributed by atoms with E-state index in [0.717, 1.165) is 44.3 Å². The van der Waals surface area contributed by atoms with Crippen molar-refractivity contribution in [2.75, 3.05) is 0 Å². The van der Waals surface area contributed by atoms with Crippen molar-refractivity contribution in [2.45, 2.75) is 26.7 Å². The molecule has 0 fully saturated rings. The van der Waals surface area contributed by atoms with Gasteiger partial charge in [0.25, 0.3) is 0 Å². The summed E-state index contributed by atoms with van der Waals surface area (Å²) in [6, 6.07) is 22.7. The van der Waals surface area contributed by atoms with E-state index in [4.69, 9.17) is 11.0 Å². The topological polar surface area (TPSA) is 21.4 Å². The highest BCUT2D eigenvalue weighted by Crippen LogP contribution is 2.43. The minimum atomic E-state index is 0.439. The molecule has 0 radical (unpaired) electrons. The smallest absolute Gasteiger partial charge is 0.213 e. The lowest BCUT2D eigenvalue weighted by atomic mass is 9.94. The minimum Gasteiger partial charge on any atom is -0.455 e. The summed E-state index contributed by atoms with van der Waals surface area (Å²) in [6.45, 7) is 14.3. The van der Waals surface area contributed by atoms with Gasteiger partial charge in [-0.25, -0.2) is 9.41 Å². The number of fused-ring (bicyclic) bond motifs is 3. The van der Waals surface area contributed by atoms with Crippen LogP contribution in [0.5, 0.6) is 0 Å². The highest BCUT2D eigenvalue weighted by atomic mass is 16.3. The van der Waals surface area contributed by atoms with Crippen LogP contribution in [0.1, 0.15) is 30.9 Å². The number of aromatic nitrogens is 1. The fourth-order valence-electron chi connectivity index (χ4n) is 4.48. The number of furan rings is 1. The minimum absolute atomic E-state index is 0.439. The molecule has 5 aromatic rings. The predicted molar refractivity (Wildman–Crippen MR) is 131 cm³/mol. The molecule has 3 nitrogen and oxygen atoms in total. The fraction of sp³-hybridized carbons (Fsp3) is 0.172. The highest BCUT2D eigenvalue weighted by Gasteiger charge is 2.23. The molecule has 0 bridgehead atoms. The van der Waals surface area contributed by atoms with E-state index in [1.54, 1.807) is 0 Å². The van der Waals surface area contributed by atoms with Gasteiger partial charge in [-0.1, -0.05) is 50.2 Å². The second kappa shape index (κ2) is 7.66. The predicted octanol–water partition coefficient (Wildman–Crippen LogP) is 7.73. The van der Waals surface area contributed by atoms with Crippen molar-refractivity contribution in [1.29, 1.82) is 0 Å². The molecule has 0 saturated heterocycles. The first-order chi connectivity index (χ1) is 15.5. The molecule has 0 amide bonds. The van der Waals surface area contributed by atoms with Crippen molar-refractivity contribution in [3.05, 3.63) is 95.5 Å². The van der Waals surface area contributed by atoms with Gasteiger partial charge in [-0.05, 0) is 47.7 Å². The quantitative estimate of drug-likeness (QED) is 0.217. The van der Waals surface area contributed by atoms with E-state index in [-0.39, 0.29) is 0 Å². The Kier molecular flexibility index (Phi) is 4.79. The van der Waals surface area contributed by atoms with Crippen LogP contribution in [0.4, 0.5) is 5.69 Å². The van der Waals surface area contributed by atoms with Crippen LogP contribution in [-0.4, -0.2) is 0 Å². The van der Waals surface area contributed by atoms with Crippen molar-refractivity contribution in [3.63, 3.8) is 0 Å². The lowest BCUT2D eigenvalue weighted by molar-refractivity contribution is -0.660. The van der Waals surface area contributed by atoms with Crippen LogP contribution in [-0.2, 0) is 7.05 Å². The van der Waals surface area contributed by atoms with Crippen LogP contribution in [0.3, 0.4) is 0 Å². The Labute approximate surface area is 188 Å². The summed E-state index contributed by atoms with van der Waals surface area (Å²) >= 11 is 0. The first kappa shape index (κ1) is 20.0. The van der Waals surface area contributed by atoms with Crippen molar-refractivity contribution < 1.29 is 8.98 Å². The second-order valence-electron chi connectivity index (χ2n) is 8.69. The van der Waals surface area contributed by atoms with E-state index in [0.29, 0.717) is 11.6 Å². The van der Waals surface area contributed by atoms with Crippen LogP contribution in [0.25, 0.3) is 49.2 Å². The molecule has 0 aliphatic carbocycles. The molecule has 0 aliphatic heterocycles. The molecule has 0 saturated carbocycles. The van der Waals surface area contributed by atoms with Gasteiger partial charge in [-0.3, -0.25) is 0 Å². The summed E-state index contributed by atoms with van der Waals surface area (Å²) in [5.74, 6) is 0.439. The van der Waals surface area contributed by atoms with E-state index in [9.17, 15) is 0 Å². The summed E-state index contributed by atoms with van der Waals surface area (Å²) in [4.78, 5) is 3.78. The summed E-state index contributed by atoms with van der Waals surface area (Å²) in [6.07, 6.45) is 2.13. The van der Waals surface area contributed by atoms with E-state index in [1.165, 1.54) is 11.1 Å². The fourth-order valence-corrected chi connectivity index (χ4v) is 4.48. The molecule has 0 unspecified atom stereocenters. The Morgan fingerprint density at radius 2 is 1.75 bits per heavy atom. The third kappa shape index (κ3) is 3.16. The third-order valence-corrected chi connectivity index (χ3v) is 6.24. The molecule has 0 spiro atoms.